The van der Waals surface area contributed by atoms with Crippen LogP contribution in [-0.4, -0.2) is 26.1 Å². The van der Waals surface area contributed by atoms with Crippen LogP contribution >= 0.6 is 23.4 Å². The molecular formula is C20H17ClFN3OS. The van der Waals surface area contributed by atoms with Gasteiger partial charge >= 0.3 is 0 Å². The summed E-state index contributed by atoms with van der Waals surface area (Å²) in [5.74, 6) is -0.452. The molecule has 0 aliphatic heterocycles. The summed E-state index contributed by atoms with van der Waals surface area (Å²) in [4.78, 5) is 2.05. The molecule has 27 heavy (non-hydrogen) atoms. The van der Waals surface area contributed by atoms with E-state index in [0.29, 0.717) is 12.1 Å². The molecule has 0 aliphatic rings. The van der Waals surface area contributed by atoms with E-state index in [0.717, 1.165) is 26.6 Å². The topological polar surface area (TPSA) is 43.0 Å². The van der Waals surface area contributed by atoms with Gasteiger partial charge in [0.15, 0.2) is 5.82 Å². The molecule has 2 aromatic heterocycles. The fraction of sp³-hybridized carbons (Fsp3) is 0.150. The SMILES string of the molecule is Cc1c(Sc2ccccc2)c2ccc(Cl)c(F)c2n1-c1cnn(CCO)c1. The first-order valence-electron chi connectivity index (χ1n) is 8.45. The number of nitrogens with zero attached hydrogens (tertiary/aromatic N) is 3. The molecule has 0 spiro atoms. The van der Waals surface area contributed by atoms with Crippen LogP contribution in [0.25, 0.3) is 16.6 Å². The number of hydrogen-bond donors (Lipinski definition) is 1. The fourth-order valence-electron chi connectivity index (χ4n) is 3.16. The number of halogens is 2. The highest BCUT2D eigenvalue weighted by atomic mass is 35.5. The van der Waals surface area contributed by atoms with Crippen LogP contribution in [0, 0.1) is 12.7 Å². The monoisotopic (exact) mass is 401 g/mol. The second-order valence-electron chi connectivity index (χ2n) is 6.11. The van der Waals surface area contributed by atoms with E-state index in [2.05, 4.69) is 5.10 Å². The molecule has 4 nitrogen and oxygen atoms in total. The van der Waals surface area contributed by atoms with Crippen LogP contribution in [0.3, 0.4) is 0 Å². The van der Waals surface area contributed by atoms with Crippen LogP contribution in [0.5, 0.6) is 0 Å². The van der Waals surface area contributed by atoms with Crippen molar-refractivity contribution in [2.75, 3.05) is 6.61 Å². The second kappa shape index (κ2) is 7.38. The van der Waals surface area contributed by atoms with Crippen molar-refractivity contribution in [1.29, 1.82) is 0 Å². The highest BCUT2D eigenvalue weighted by molar-refractivity contribution is 7.99. The van der Waals surface area contributed by atoms with Crippen molar-refractivity contribution in [3.8, 4) is 5.69 Å². The van der Waals surface area contributed by atoms with Gasteiger partial charge in [-0.3, -0.25) is 4.68 Å². The van der Waals surface area contributed by atoms with Gasteiger partial charge in [-0.15, -0.1) is 0 Å². The molecule has 0 saturated carbocycles. The molecule has 7 heteroatoms. The highest BCUT2D eigenvalue weighted by Crippen LogP contribution is 2.41. The van der Waals surface area contributed by atoms with Crippen LogP contribution < -0.4 is 0 Å². The molecule has 0 amide bonds. The second-order valence-corrected chi connectivity index (χ2v) is 7.60. The maximum Gasteiger partial charge on any atom is 0.166 e. The zero-order chi connectivity index (χ0) is 19.0. The van der Waals surface area contributed by atoms with Crippen molar-refractivity contribution in [2.24, 2.45) is 0 Å². The van der Waals surface area contributed by atoms with Gasteiger partial charge in [0, 0.05) is 27.1 Å². The Kier molecular flexibility index (Phi) is 4.95. The Balaban J connectivity index is 1.94. The lowest BCUT2D eigenvalue weighted by Crippen LogP contribution is -2.02. The molecule has 0 radical (unpaired) electrons. The number of hydrogen-bond acceptors (Lipinski definition) is 3. The first kappa shape index (κ1) is 18.1. The Hall–Kier alpha value is -2.28. The van der Waals surface area contributed by atoms with E-state index >= 15 is 4.39 Å². The lowest BCUT2D eigenvalue weighted by Gasteiger charge is -2.07. The van der Waals surface area contributed by atoms with Gasteiger partial charge in [-0.2, -0.15) is 5.10 Å². The number of fused-ring (bicyclic) bond motifs is 1. The van der Waals surface area contributed by atoms with Gasteiger partial charge in [0.2, 0.25) is 0 Å². The smallest absolute Gasteiger partial charge is 0.166 e. The molecule has 0 bridgehead atoms. The van der Waals surface area contributed by atoms with Crippen LogP contribution in [0.15, 0.2) is 64.6 Å². The summed E-state index contributed by atoms with van der Waals surface area (Å²) in [6, 6.07) is 13.4. The molecule has 1 N–H and O–H groups in total. The number of rotatable bonds is 5. The Bertz CT molecular complexity index is 1110. The normalized spacial score (nSPS) is 11.4. The first-order valence-corrected chi connectivity index (χ1v) is 9.65. The zero-order valence-electron chi connectivity index (χ0n) is 14.6. The summed E-state index contributed by atoms with van der Waals surface area (Å²) in [5.41, 5.74) is 2.07. The third-order valence-corrected chi connectivity index (χ3v) is 5.89. The average molecular weight is 402 g/mol. The quantitative estimate of drug-likeness (QED) is 0.507. The minimum Gasteiger partial charge on any atom is -0.394 e. The maximum absolute atomic E-state index is 15.0. The van der Waals surface area contributed by atoms with E-state index in [1.165, 1.54) is 0 Å². The highest BCUT2D eigenvalue weighted by Gasteiger charge is 2.21. The van der Waals surface area contributed by atoms with E-state index in [9.17, 15) is 0 Å². The van der Waals surface area contributed by atoms with Gasteiger partial charge in [-0.05, 0) is 31.2 Å². The van der Waals surface area contributed by atoms with Crippen molar-refractivity contribution in [3.05, 3.63) is 71.4 Å². The van der Waals surface area contributed by atoms with Crippen molar-refractivity contribution >= 4 is 34.3 Å². The molecule has 0 atom stereocenters. The standard InChI is InChI=1S/C20H17ClFN3OS/c1-13-20(27-15-5-3-2-4-6-15)16-7-8-17(21)18(22)19(16)25(13)14-11-23-24(12-14)9-10-26/h2-8,11-12,26H,9-10H2,1H3. The fourth-order valence-corrected chi connectivity index (χ4v) is 4.35. The van der Waals surface area contributed by atoms with E-state index in [1.807, 2.05) is 47.9 Å². The molecule has 0 aliphatic carbocycles. The van der Waals surface area contributed by atoms with Crippen molar-refractivity contribution in [3.63, 3.8) is 0 Å². The number of aliphatic hydroxyl groups is 1. The zero-order valence-corrected chi connectivity index (χ0v) is 16.1. The van der Waals surface area contributed by atoms with Gasteiger partial charge < -0.3 is 9.67 Å². The lowest BCUT2D eigenvalue weighted by molar-refractivity contribution is 0.269. The Morgan fingerprint density at radius 2 is 1.96 bits per heavy atom. The molecular weight excluding hydrogens is 385 g/mol. The average Bonchev–Trinajstić information content (AvgIpc) is 3.23. The van der Waals surface area contributed by atoms with Gasteiger partial charge in [-0.25, -0.2) is 4.39 Å². The summed E-state index contributed by atoms with van der Waals surface area (Å²) in [5, 5.41) is 14.3. The molecule has 0 fully saturated rings. The Morgan fingerprint density at radius 3 is 2.70 bits per heavy atom. The van der Waals surface area contributed by atoms with Crippen LogP contribution in [0.4, 0.5) is 4.39 Å². The number of aromatic nitrogens is 3. The number of aliphatic hydroxyl groups excluding tert-OH is 1. The Morgan fingerprint density at radius 1 is 1.19 bits per heavy atom. The summed E-state index contributed by atoms with van der Waals surface area (Å²) < 4.78 is 18.5. The van der Waals surface area contributed by atoms with E-state index in [1.54, 1.807) is 34.9 Å². The predicted molar refractivity (Wildman–Crippen MR) is 106 cm³/mol. The van der Waals surface area contributed by atoms with Crippen molar-refractivity contribution in [1.82, 2.24) is 14.3 Å². The van der Waals surface area contributed by atoms with Crippen molar-refractivity contribution < 1.29 is 9.50 Å². The summed E-state index contributed by atoms with van der Waals surface area (Å²) >= 11 is 7.67. The van der Waals surface area contributed by atoms with Crippen molar-refractivity contribution in [2.45, 2.75) is 23.3 Å². The first-order chi connectivity index (χ1) is 13.1. The molecule has 0 saturated heterocycles. The van der Waals surface area contributed by atoms with Gasteiger partial charge in [-0.1, -0.05) is 41.6 Å². The minimum absolute atomic E-state index is 0.0121. The van der Waals surface area contributed by atoms with Gasteiger partial charge in [0.1, 0.15) is 0 Å². The molecule has 2 aromatic carbocycles. The summed E-state index contributed by atoms with van der Waals surface area (Å²) in [6.45, 7) is 2.33. The lowest BCUT2D eigenvalue weighted by atomic mass is 10.2. The molecule has 0 unspecified atom stereocenters. The summed E-state index contributed by atoms with van der Waals surface area (Å²) in [6.07, 6.45) is 3.46. The van der Waals surface area contributed by atoms with E-state index < -0.39 is 5.82 Å². The third kappa shape index (κ3) is 3.25. The molecule has 2 heterocycles. The maximum atomic E-state index is 15.0. The molecule has 4 rings (SSSR count). The van der Waals surface area contributed by atoms with Crippen LogP contribution in [0.1, 0.15) is 5.69 Å². The third-order valence-electron chi connectivity index (χ3n) is 4.37. The van der Waals surface area contributed by atoms with Crippen LogP contribution in [0.2, 0.25) is 5.02 Å². The molecule has 4 aromatic rings. The van der Waals surface area contributed by atoms with Crippen LogP contribution in [-0.2, 0) is 6.54 Å². The summed E-state index contributed by atoms with van der Waals surface area (Å²) in [7, 11) is 0. The van der Waals surface area contributed by atoms with Gasteiger partial charge in [0.25, 0.3) is 0 Å². The van der Waals surface area contributed by atoms with E-state index in [-0.39, 0.29) is 11.6 Å². The van der Waals surface area contributed by atoms with Gasteiger partial charge in [0.05, 0.1) is 35.6 Å². The Labute approximate surface area is 165 Å². The molecule has 138 valence electrons. The minimum atomic E-state index is -0.452. The largest absolute Gasteiger partial charge is 0.394 e. The van der Waals surface area contributed by atoms with E-state index in [4.69, 9.17) is 16.7 Å². The predicted octanol–water partition coefficient (Wildman–Crippen LogP) is 5.07. The number of benzene rings is 2.